The van der Waals surface area contributed by atoms with Crippen molar-refractivity contribution in [3.05, 3.63) is 0 Å². The Balaban J connectivity index is 2.17. The summed E-state index contributed by atoms with van der Waals surface area (Å²) in [6, 6.07) is 0. The normalized spacial score (nSPS) is 28.4. The molecule has 2 aliphatic heterocycles. The molecule has 0 unspecified atom stereocenters. The number of rotatable bonds is 0. The molecule has 2 spiro atoms. The monoisotopic (exact) mass is 252 g/mol. The lowest BCUT2D eigenvalue weighted by molar-refractivity contribution is -0.187. The standard InChI is InChI=1S/C10H12N4O4/c15-5-9(6(16)11-5)3-1-2-4-10(9)7(17)12-14-13-8(10)18/h14H,1-4H2,(H,12,17)(H,13,18)(H,11,15,16). The average Bonchev–Trinajstić information content (AvgIpc) is 2.36. The highest BCUT2D eigenvalue weighted by molar-refractivity contribution is 6.29. The molecule has 3 rings (SSSR count). The molecule has 4 N–H and O–H groups in total. The van der Waals surface area contributed by atoms with Crippen LogP contribution in [0.5, 0.6) is 0 Å². The maximum Gasteiger partial charge on any atom is 0.252 e. The number of carbonyl (C=O) groups is 4. The van der Waals surface area contributed by atoms with Crippen molar-refractivity contribution >= 4 is 23.6 Å². The second-order valence-electron chi connectivity index (χ2n) is 4.83. The molecule has 8 heteroatoms. The van der Waals surface area contributed by atoms with Crippen molar-refractivity contribution in [2.24, 2.45) is 10.8 Å². The molecule has 8 nitrogen and oxygen atoms in total. The third-order valence-corrected chi connectivity index (χ3v) is 4.21. The third kappa shape index (κ3) is 0.953. The summed E-state index contributed by atoms with van der Waals surface area (Å²) < 4.78 is 0. The Morgan fingerprint density at radius 3 is 1.61 bits per heavy atom. The van der Waals surface area contributed by atoms with Gasteiger partial charge in [-0.25, -0.2) is 0 Å². The molecule has 2 saturated heterocycles. The van der Waals surface area contributed by atoms with Crippen molar-refractivity contribution in [1.82, 2.24) is 21.7 Å². The smallest absolute Gasteiger partial charge is 0.252 e. The molecule has 2 heterocycles. The largest absolute Gasteiger partial charge is 0.294 e. The molecule has 0 bridgehead atoms. The average molecular weight is 252 g/mol. The molecule has 3 fully saturated rings. The Morgan fingerprint density at radius 1 is 0.722 bits per heavy atom. The van der Waals surface area contributed by atoms with Gasteiger partial charge in [0.1, 0.15) is 0 Å². The number of imide groups is 1. The molecule has 1 aliphatic carbocycles. The van der Waals surface area contributed by atoms with E-state index in [-0.39, 0.29) is 12.8 Å². The highest BCUT2D eigenvalue weighted by Gasteiger charge is 2.75. The number of amides is 4. The summed E-state index contributed by atoms with van der Waals surface area (Å²) >= 11 is 0. The van der Waals surface area contributed by atoms with Gasteiger partial charge in [0.15, 0.2) is 10.8 Å². The lowest BCUT2D eigenvalue weighted by atomic mass is 9.51. The summed E-state index contributed by atoms with van der Waals surface area (Å²) in [6.45, 7) is 0. The van der Waals surface area contributed by atoms with Crippen molar-refractivity contribution < 1.29 is 19.2 Å². The van der Waals surface area contributed by atoms with Crippen LogP contribution in [-0.4, -0.2) is 23.6 Å². The zero-order valence-electron chi connectivity index (χ0n) is 9.46. The van der Waals surface area contributed by atoms with E-state index in [1.54, 1.807) is 0 Å². The molecule has 4 amide bonds. The number of β-lactam (4-membered cyclic amide) rings is 2. The zero-order chi connectivity index (χ0) is 13.0. The maximum absolute atomic E-state index is 12.1. The van der Waals surface area contributed by atoms with E-state index in [2.05, 4.69) is 21.7 Å². The summed E-state index contributed by atoms with van der Waals surface area (Å²) in [4.78, 5) is 48.0. The molecule has 0 atom stereocenters. The summed E-state index contributed by atoms with van der Waals surface area (Å²) in [5.41, 5.74) is 3.66. The lowest BCUT2D eigenvalue weighted by Crippen LogP contribution is -2.81. The van der Waals surface area contributed by atoms with Gasteiger partial charge in [-0.3, -0.25) is 35.3 Å². The van der Waals surface area contributed by atoms with Crippen molar-refractivity contribution in [2.45, 2.75) is 25.7 Å². The van der Waals surface area contributed by atoms with E-state index >= 15 is 0 Å². The van der Waals surface area contributed by atoms with Gasteiger partial charge in [0.05, 0.1) is 0 Å². The molecule has 0 aromatic heterocycles. The van der Waals surface area contributed by atoms with Gasteiger partial charge in [-0.05, 0) is 12.8 Å². The lowest BCUT2D eigenvalue weighted by Gasteiger charge is -2.53. The molecule has 0 aromatic carbocycles. The molecular formula is C10H12N4O4. The van der Waals surface area contributed by atoms with Crippen molar-refractivity contribution in [3.8, 4) is 0 Å². The van der Waals surface area contributed by atoms with Crippen LogP contribution in [0.25, 0.3) is 0 Å². The van der Waals surface area contributed by atoms with Crippen molar-refractivity contribution in [3.63, 3.8) is 0 Å². The number of hydrogen-bond donors (Lipinski definition) is 4. The van der Waals surface area contributed by atoms with Gasteiger partial charge in [0.2, 0.25) is 11.8 Å². The highest BCUT2D eigenvalue weighted by Crippen LogP contribution is 2.55. The molecular weight excluding hydrogens is 240 g/mol. The van der Waals surface area contributed by atoms with Crippen LogP contribution in [0.2, 0.25) is 0 Å². The van der Waals surface area contributed by atoms with Gasteiger partial charge >= 0.3 is 0 Å². The molecule has 18 heavy (non-hydrogen) atoms. The van der Waals surface area contributed by atoms with Crippen LogP contribution >= 0.6 is 0 Å². The number of carbonyl (C=O) groups excluding carboxylic acids is 4. The van der Waals surface area contributed by atoms with Crippen LogP contribution in [0, 0.1) is 10.8 Å². The van der Waals surface area contributed by atoms with Gasteiger partial charge in [-0.2, -0.15) is 0 Å². The minimum Gasteiger partial charge on any atom is -0.294 e. The number of hydrogen-bond acceptors (Lipinski definition) is 5. The minimum absolute atomic E-state index is 0.200. The maximum atomic E-state index is 12.1. The van der Waals surface area contributed by atoms with E-state index in [0.29, 0.717) is 12.8 Å². The van der Waals surface area contributed by atoms with E-state index in [0.717, 1.165) is 0 Å². The first kappa shape index (κ1) is 11.1. The molecule has 1 saturated carbocycles. The van der Waals surface area contributed by atoms with Crippen LogP contribution in [0.3, 0.4) is 0 Å². The molecule has 3 aliphatic rings. The fourth-order valence-corrected chi connectivity index (χ4v) is 3.25. The van der Waals surface area contributed by atoms with E-state index < -0.39 is 34.5 Å². The van der Waals surface area contributed by atoms with Crippen molar-refractivity contribution in [1.29, 1.82) is 0 Å². The van der Waals surface area contributed by atoms with Gasteiger partial charge in [-0.15, -0.1) is 5.53 Å². The SMILES string of the molecule is O=C1NNNC(=O)C12CCCCC21C(=O)NC1=O. The first-order valence-electron chi connectivity index (χ1n) is 5.77. The van der Waals surface area contributed by atoms with Crippen LogP contribution in [-0.2, 0) is 19.2 Å². The van der Waals surface area contributed by atoms with E-state index in [1.807, 2.05) is 0 Å². The van der Waals surface area contributed by atoms with Crippen LogP contribution in [0.1, 0.15) is 25.7 Å². The van der Waals surface area contributed by atoms with Gasteiger partial charge in [0.25, 0.3) is 11.8 Å². The molecule has 0 aromatic rings. The number of fused-ring (bicyclic) bond motifs is 1. The van der Waals surface area contributed by atoms with E-state index in [1.165, 1.54) is 0 Å². The van der Waals surface area contributed by atoms with Gasteiger partial charge in [-0.1, -0.05) is 12.8 Å². The first-order chi connectivity index (χ1) is 8.55. The number of hydrazine groups is 2. The Hall–Kier alpha value is -1.96. The molecule has 96 valence electrons. The fraction of sp³-hybridized carbons (Fsp3) is 0.600. The van der Waals surface area contributed by atoms with Crippen LogP contribution in [0.15, 0.2) is 0 Å². The summed E-state index contributed by atoms with van der Waals surface area (Å²) in [7, 11) is 0. The Kier molecular flexibility index (Phi) is 2.03. The zero-order valence-corrected chi connectivity index (χ0v) is 9.46. The highest BCUT2D eigenvalue weighted by atomic mass is 16.2. The third-order valence-electron chi connectivity index (χ3n) is 4.21. The Bertz CT molecular complexity index is 456. The molecule has 0 radical (unpaired) electrons. The van der Waals surface area contributed by atoms with Gasteiger partial charge < -0.3 is 0 Å². The summed E-state index contributed by atoms with van der Waals surface area (Å²) in [5, 5.41) is 2.12. The predicted octanol–water partition coefficient (Wildman–Crippen LogP) is -2.14. The summed E-state index contributed by atoms with van der Waals surface area (Å²) in [6.07, 6.45) is 1.71. The Labute approximate surface area is 102 Å². The number of nitrogens with one attached hydrogen (secondary N) is 4. The second kappa shape index (κ2) is 3.29. The van der Waals surface area contributed by atoms with Crippen LogP contribution in [0.4, 0.5) is 0 Å². The summed E-state index contributed by atoms with van der Waals surface area (Å²) in [5.74, 6) is -2.29. The van der Waals surface area contributed by atoms with Gasteiger partial charge in [0, 0.05) is 0 Å². The Morgan fingerprint density at radius 2 is 1.17 bits per heavy atom. The first-order valence-corrected chi connectivity index (χ1v) is 5.77. The topological polar surface area (TPSA) is 116 Å². The van der Waals surface area contributed by atoms with Crippen molar-refractivity contribution in [2.75, 3.05) is 0 Å². The van der Waals surface area contributed by atoms with E-state index in [4.69, 9.17) is 0 Å². The van der Waals surface area contributed by atoms with E-state index in [9.17, 15) is 19.2 Å². The quantitative estimate of drug-likeness (QED) is 0.290. The predicted molar refractivity (Wildman–Crippen MR) is 55.9 cm³/mol. The minimum atomic E-state index is -1.62. The van der Waals surface area contributed by atoms with Crippen LogP contribution < -0.4 is 21.7 Å². The fourth-order valence-electron chi connectivity index (χ4n) is 3.25. The second-order valence-corrected chi connectivity index (χ2v) is 4.83.